The van der Waals surface area contributed by atoms with Gasteiger partial charge in [0.1, 0.15) is 42.7 Å². The fourth-order valence-corrected chi connectivity index (χ4v) is 2.76. The molecule has 2 unspecified atom stereocenters. The molecule has 6 nitrogen and oxygen atoms in total. The third kappa shape index (κ3) is 4.13. The largest absolute Gasteiger partial charge is 0.491 e. The van der Waals surface area contributed by atoms with Crippen LogP contribution in [0.15, 0.2) is 54.7 Å². The average Bonchev–Trinajstić information content (AvgIpc) is 3.65. The van der Waals surface area contributed by atoms with Gasteiger partial charge in [-0.3, -0.25) is 0 Å². The number of hydrogen-bond acceptors (Lipinski definition) is 5. The molecule has 1 aromatic heterocycles. The topological polar surface area (TPSA) is 72.2 Å². The highest BCUT2D eigenvalue weighted by Crippen LogP contribution is 2.26. The molecule has 5 rings (SSSR count). The van der Waals surface area contributed by atoms with Gasteiger partial charge in [-0.25, -0.2) is 4.98 Å². The molecular formula is C21H20N2O4. The van der Waals surface area contributed by atoms with Crippen molar-refractivity contribution in [3.63, 3.8) is 0 Å². The normalized spacial score (nSPS) is 20.3. The minimum Gasteiger partial charge on any atom is -0.491 e. The van der Waals surface area contributed by atoms with Gasteiger partial charge >= 0.3 is 0 Å². The molecule has 3 heterocycles. The van der Waals surface area contributed by atoms with Crippen LogP contribution in [0.5, 0.6) is 11.5 Å². The lowest BCUT2D eigenvalue weighted by Crippen LogP contribution is -2.03. The summed E-state index contributed by atoms with van der Waals surface area (Å²) in [5.41, 5.74) is 3.04. The van der Waals surface area contributed by atoms with E-state index in [0.29, 0.717) is 13.2 Å². The second-order valence-electron chi connectivity index (χ2n) is 6.73. The summed E-state index contributed by atoms with van der Waals surface area (Å²) >= 11 is 0. The van der Waals surface area contributed by atoms with E-state index < -0.39 is 0 Å². The van der Waals surface area contributed by atoms with Crippen molar-refractivity contribution in [2.45, 2.75) is 12.2 Å². The highest BCUT2D eigenvalue weighted by atomic mass is 16.6. The zero-order valence-electron chi connectivity index (χ0n) is 14.8. The lowest BCUT2D eigenvalue weighted by molar-refractivity contribution is 0.263. The fraction of sp³-hybridized carbons (Fsp3) is 0.286. The van der Waals surface area contributed by atoms with Crippen molar-refractivity contribution in [3.8, 4) is 34.1 Å². The average molecular weight is 364 g/mol. The van der Waals surface area contributed by atoms with E-state index in [1.807, 2.05) is 54.7 Å². The first kappa shape index (κ1) is 16.4. The standard InChI is InChI=1S/C21H20N2O4/c1-5-16(24-10-18-12-26-18)6-2-14(1)20-9-22-21(23-20)15-3-7-17(8-4-15)25-11-19-13-27-19/h1-9,18-19H,10-13H2,(H,22,23). The first-order valence-corrected chi connectivity index (χ1v) is 9.08. The van der Waals surface area contributed by atoms with E-state index in [2.05, 4.69) is 9.97 Å². The van der Waals surface area contributed by atoms with Crippen molar-refractivity contribution in [2.75, 3.05) is 26.4 Å². The molecular weight excluding hydrogens is 344 g/mol. The number of imidazole rings is 1. The number of benzene rings is 2. The van der Waals surface area contributed by atoms with Gasteiger partial charge in [-0.15, -0.1) is 0 Å². The van der Waals surface area contributed by atoms with E-state index in [0.717, 1.165) is 47.4 Å². The maximum absolute atomic E-state index is 5.67. The Morgan fingerprint density at radius 2 is 1.33 bits per heavy atom. The Bertz CT molecular complexity index is 823. The molecule has 2 saturated heterocycles. The molecule has 138 valence electrons. The number of aromatic nitrogens is 2. The van der Waals surface area contributed by atoms with E-state index in [1.54, 1.807) is 0 Å². The predicted octanol–water partition coefficient (Wildman–Crippen LogP) is 3.30. The number of rotatable bonds is 8. The van der Waals surface area contributed by atoms with Crippen LogP contribution in [-0.2, 0) is 9.47 Å². The molecule has 2 aliphatic rings. The van der Waals surface area contributed by atoms with Crippen LogP contribution in [0, 0.1) is 0 Å². The summed E-state index contributed by atoms with van der Waals surface area (Å²) in [5, 5.41) is 0. The molecule has 2 aliphatic heterocycles. The molecule has 6 heteroatoms. The van der Waals surface area contributed by atoms with Crippen molar-refractivity contribution in [1.29, 1.82) is 0 Å². The Morgan fingerprint density at radius 1 is 0.815 bits per heavy atom. The highest BCUT2D eigenvalue weighted by molar-refractivity contribution is 5.65. The van der Waals surface area contributed by atoms with E-state index in [-0.39, 0.29) is 12.2 Å². The Balaban J connectivity index is 1.24. The van der Waals surface area contributed by atoms with E-state index >= 15 is 0 Å². The predicted molar refractivity (Wildman–Crippen MR) is 99.9 cm³/mol. The summed E-state index contributed by atoms with van der Waals surface area (Å²) in [7, 11) is 0. The molecule has 3 aromatic rings. The third-order valence-electron chi connectivity index (χ3n) is 4.55. The van der Waals surface area contributed by atoms with Gasteiger partial charge in [-0.2, -0.15) is 0 Å². The SMILES string of the molecule is c1cc(-c2cnc(-c3ccc(OCC4CO4)cc3)[nH]2)ccc1OCC1CO1. The van der Waals surface area contributed by atoms with Crippen molar-refractivity contribution in [3.05, 3.63) is 54.7 Å². The first-order valence-electron chi connectivity index (χ1n) is 9.08. The number of H-pyrrole nitrogens is 1. The Hall–Kier alpha value is -2.83. The first-order chi connectivity index (χ1) is 13.3. The molecule has 0 spiro atoms. The molecule has 1 N–H and O–H groups in total. The zero-order chi connectivity index (χ0) is 18.1. The number of epoxide rings is 2. The Labute approximate surface area is 157 Å². The van der Waals surface area contributed by atoms with Crippen molar-refractivity contribution in [2.24, 2.45) is 0 Å². The van der Waals surface area contributed by atoms with Gasteiger partial charge in [0, 0.05) is 5.56 Å². The number of nitrogens with zero attached hydrogens (tertiary/aromatic N) is 1. The number of aromatic amines is 1. The molecule has 0 amide bonds. The molecule has 2 fully saturated rings. The summed E-state index contributed by atoms with van der Waals surface area (Å²) in [6, 6.07) is 15.9. The van der Waals surface area contributed by atoms with Crippen molar-refractivity contribution >= 4 is 0 Å². The fourth-order valence-electron chi connectivity index (χ4n) is 2.76. The summed E-state index contributed by atoms with van der Waals surface area (Å²) in [6.45, 7) is 2.82. The van der Waals surface area contributed by atoms with E-state index in [9.17, 15) is 0 Å². The van der Waals surface area contributed by atoms with Gasteiger partial charge in [0.05, 0.1) is 25.1 Å². The molecule has 0 radical (unpaired) electrons. The van der Waals surface area contributed by atoms with Crippen LogP contribution < -0.4 is 9.47 Å². The van der Waals surface area contributed by atoms with Crippen LogP contribution >= 0.6 is 0 Å². The minimum atomic E-state index is 0.260. The second-order valence-corrected chi connectivity index (χ2v) is 6.73. The van der Waals surface area contributed by atoms with Crippen molar-refractivity contribution < 1.29 is 18.9 Å². The monoisotopic (exact) mass is 364 g/mol. The number of hydrogen-bond donors (Lipinski definition) is 1. The lowest BCUT2D eigenvalue weighted by atomic mass is 10.1. The van der Waals surface area contributed by atoms with Gasteiger partial charge in [0.25, 0.3) is 0 Å². The summed E-state index contributed by atoms with van der Waals surface area (Å²) in [5.74, 6) is 2.52. The smallest absolute Gasteiger partial charge is 0.137 e. The minimum absolute atomic E-state index is 0.260. The van der Waals surface area contributed by atoms with Crippen LogP contribution in [0.1, 0.15) is 0 Å². The number of ether oxygens (including phenoxy) is 4. The molecule has 0 saturated carbocycles. The summed E-state index contributed by atoms with van der Waals surface area (Å²) < 4.78 is 21.6. The van der Waals surface area contributed by atoms with Crippen LogP contribution in [0.4, 0.5) is 0 Å². The zero-order valence-corrected chi connectivity index (χ0v) is 14.8. The molecule has 0 bridgehead atoms. The Kier molecular flexibility index (Phi) is 4.27. The van der Waals surface area contributed by atoms with Gasteiger partial charge in [-0.05, 0) is 54.1 Å². The van der Waals surface area contributed by atoms with Gasteiger partial charge in [0.2, 0.25) is 0 Å². The maximum Gasteiger partial charge on any atom is 0.137 e. The molecule has 2 aromatic carbocycles. The quantitative estimate of drug-likeness (QED) is 0.621. The van der Waals surface area contributed by atoms with E-state index in [4.69, 9.17) is 18.9 Å². The van der Waals surface area contributed by atoms with Gasteiger partial charge in [-0.1, -0.05) is 0 Å². The second kappa shape index (κ2) is 7.06. The summed E-state index contributed by atoms with van der Waals surface area (Å²) in [4.78, 5) is 7.88. The Morgan fingerprint density at radius 3 is 1.85 bits per heavy atom. The third-order valence-corrected chi connectivity index (χ3v) is 4.55. The molecule has 27 heavy (non-hydrogen) atoms. The van der Waals surface area contributed by atoms with Gasteiger partial charge in [0.15, 0.2) is 0 Å². The maximum atomic E-state index is 5.67. The molecule has 2 atom stereocenters. The van der Waals surface area contributed by atoms with Crippen LogP contribution in [0.25, 0.3) is 22.6 Å². The molecule has 0 aliphatic carbocycles. The van der Waals surface area contributed by atoms with Crippen LogP contribution in [0.3, 0.4) is 0 Å². The van der Waals surface area contributed by atoms with Crippen LogP contribution in [-0.4, -0.2) is 48.6 Å². The highest BCUT2D eigenvalue weighted by Gasteiger charge is 2.23. The van der Waals surface area contributed by atoms with Gasteiger partial charge < -0.3 is 23.9 Å². The number of nitrogens with one attached hydrogen (secondary N) is 1. The van der Waals surface area contributed by atoms with E-state index in [1.165, 1.54) is 0 Å². The van der Waals surface area contributed by atoms with Crippen LogP contribution in [0.2, 0.25) is 0 Å². The lowest BCUT2D eigenvalue weighted by Gasteiger charge is -2.05. The summed E-state index contributed by atoms with van der Waals surface area (Å²) in [6.07, 6.45) is 2.37. The van der Waals surface area contributed by atoms with Crippen molar-refractivity contribution in [1.82, 2.24) is 9.97 Å².